The maximum absolute atomic E-state index is 14.0. The van der Waals surface area contributed by atoms with Crippen LogP contribution in [-0.4, -0.2) is 91.7 Å². The number of rotatable bonds is 10. The van der Waals surface area contributed by atoms with Crippen LogP contribution in [-0.2, 0) is 36.8 Å². The zero-order valence-corrected chi connectivity index (χ0v) is 24.3. The molecule has 3 aliphatic rings. The molecule has 12 heteroatoms. The van der Waals surface area contributed by atoms with Gasteiger partial charge in [-0.2, -0.15) is 10.2 Å². The normalized spacial score (nSPS) is 20.5. The summed E-state index contributed by atoms with van der Waals surface area (Å²) in [6.07, 6.45) is 3.34. The van der Waals surface area contributed by atoms with E-state index in [0.29, 0.717) is 37.9 Å². The number of carbonyl (C=O) groups is 5. The van der Waals surface area contributed by atoms with Crippen molar-refractivity contribution in [3.63, 3.8) is 0 Å². The second-order valence-corrected chi connectivity index (χ2v) is 11.1. The molecule has 0 saturated carbocycles. The zero-order valence-electron chi connectivity index (χ0n) is 24.3. The van der Waals surface area contributed by atoms with Crippen molar-refractivity contribution in [2.45, 2.75) is 64.1 Å². The van der Waals surface area contributed by atoms with Crippen molar-refractivity contribution in [1.82, 2.24) is 20.4 Å². The van der Waals surface area contributed by atoms with Gasteiger partial charge in [0.05, 0.1) is 24.5 Å². The molecule has 1 aromatic rings. The van der Waals surface area contributed by atoms with E-state index >= 15 is 0 Å². The van der Waals surface area contributed by atoms with Crippen LogP contribution in [0.4, 0.5) is 5.69 Å². The number of nitrogens with one attached hydrogen (secondary N) is 2. The Morgan fingerprint density at radius 3 is 2.51 bits per heavy atom. The van der Waals surface area contributed by atoms with Crippen LogP contribution < -0.4 is 15.5 Å². The fourth-order valence-electron chi connectivity index (χ4n) is 5.56. The lowest BCUT2D eigenvalue weighted by Gasteiger charge is -2.33. The average molecular weight is 566 g/mol. The first kappa shape index (κ1) is 29.9. The summed E-state index contributed by atoms with van der Waals surface area (Å²) in [4.78, 5) is 70.3. The summed E-state index contributed by atoms with van der Waals surface area (Å²) < 4.78 is 0. The Morgan fingerprint density at radius 2 is 1.85 bits per heavy atom. The Balaban J connectivity index is 1.54. The number of anilines is 1. The molecule has 0 fully saturated rings. The van der Waals surface area contributed by atoms with E-state index in [0.717, 1.165) is 16.8 Å². The van der Waals surface area contributed by atoms with Crippen molar-refractivity contribution in [1.29, 1.82) is 0 Å². The van der Waals surface area contributed by atoms with Crippen LogP contribution in [0.5, 0.6) is 0 Å². The molecule has 0 radical (unpaired) electrons. The van der Waals surface area contributed by atoms with E-state index in [2.05, 4.69) is 20.9 Å². The van der Waals surface area contributed by atoms with Gasteiger partial charge in [0.2, 0.25) is 29.5 Å². The van der Waals surface area contributed by atoms with Crippen LogP contribution in [0.15, 0.2) is 40.2 Å². The molecule has 41 heavy (non-hydrogen) atoms. The number of azo groups is 1. The minimum Gasteiger partial charge on any atom is -0.349 e. The molecule has 220 valence electrons. The Bertz CT molecular complexity index is 1290. The zero-order chi connectivity index (χ0) is 29.8. The van der Waals surface area contributed by atoms with Crippen LogP contribution in [0.2, 0.25) is 0 Å². The third-order valence-electron chi connectivity index (χ3n) is 8.14. The molecule has 0 spiro atoms. The maximum atomic E-state index is 14.0. The number of amides is 5. The van der Waals surface area contributed by atoms with Crippen LogP contribution >= 0.6 is 0 Å². The molecule has 0 saturated heterocycles. The van der Waals surface area contributed by atoms with E-state index in [1.807, 2.05) is 38.1 Å². The summed E-state index contributed by atoms with van der Waals surface area (Å²) >= 11 is 0. The fraction of sp³-hybridized carbons (Fsp3) is 0.552. The number of likely N-dealkylation sites (N-methyl/N-ethyl adjacent to an activating group) is 1. The molecule has 3 heterocycles. The van der Waals surface area contributed by atoms with Crippen LogP contribution in [0.1, 0.15) is 44.2 Å². The summed E-state index contributed by atoms with van der Waals surface area (Å²) in [6, 6.07) is 3.27. The van der Waals surface area contributed by atoms with E-state index in [4.69, 9.17) is 0 Å². The Labute approximate surface area is 240 Å². The van der Waals surface area contributed by atoms with Gasteiger partial charge in [-0.15, -0.1) is 0 Å². The fourth-order valence-corrected chi connectivity index (χ4v) is 5.56. The number of para-hydroxylation sites is 1. The van der Waals surface area contributed by atoms with Crippen molar-refractivity contribution >= 4 is 35.2 Å². The number of aryl methyl sites for hydroxylation is 1. The molecule has 0 bridgehead atoms. The van der Waals surface area contributed by atoms with Gasteiger partial charge >= 0.3 is 0 Å². The van der Waals surface area contributed by atoms with Gasteiger partial charge in [-0.1, -0.05) is 38.5 Å². The van der Waals surface area contributed by atoms with Crippen LogP contribution in [0.3, 0.4) is 0 Å². The lowest BCUT2D eigenvalue weighted by atomic mass is 9.95. The van der Waals surface area contributed by atoms with Crippen LogP contribution in [0.25, 0.3) is 0 Å². The van der Waals surface area contributed by atoms with Gasteiger partial charge in [0, 0.05) is 27.6 Å². The minimum atomic E-state index is -0.888. The highest BCUT2D eigenvalue weighted by atomic mass is 16.2. The summed E-state index contributed by atoms with van der Waals surface area (Å²) in [6.45, 7) is 4.48. The van der Waals surface area contributed by atoms with Crippen molar-refractivity contribution in [2.75, 3.05) is 39.1 Å². The Morgan fingerprint density at radius 1 is 1.12 bits per heavy atom. The lowest BCUT2D eigenvalue weighted by molar-refractivity contribution is -0.145. The topological polar surface area (TPSA) is 144 Å². The molecular weight excluding hydrogens is 526 g/mol. The summed E-state index contributed by atoms with van der Waals surface area (Å²) in [7, 11) is 4.65. The third kappa shape index (κ3) is 6.31. The first-order valence-electron chi connectivity index (χ1n) is 14.1. The quantitative estimate of drug-likeness (QED) is 0.410. The highest BCUT2D eigenvalue weighted by Crippen LogP contribution is 2.39. The molecule has 0 aliphatic carbocycles. The number of hydrogen-bond acceptors (Lipinski definition) is 7. The van der Waals surface area contributed by atoms with Crippen molar-refractivity contribution in [3.05, 3.63) is 41.1 Å². The number of benzene rings is 1. The average Bonchev–Trinajstić information content (AvgIpc) is 3.58. The highest BCUT2D eigenvalue weighted by Gasteiger charge is 2.45. The summed E-state index contributed by atoms with van der Waals surface area (Å²) in [5.41, 5.74) is 3.27. The third-order valence-corrected chi connectivity index (χ3v) is 8.14. The van der Waals surface area contributed by atoms with Crippen LogP contribution in [0, 0.1) is 5.92 Å². The minimum absolute atomic E-state index is 0.220. The summed E-state index contributed by atoms with van der Waals surface area (Å²) in [5.74, 6) is -2.18. The van der Waals surface area contributed by atoms with Gasteiger partial charge in [-0.3, -0.25) is 28.9 Å². The number of hydrogen-bond donors (Lipinski definition) is 2. The smallest absolute Gasteiger partial charge is 0.250 e. The molecule has 4 rings (SSSR count). The Kier molecular flexibility index (Phi) is 9.19. The molecule has 2 N–H and O–H groups in total. The van der Waals surface area contributed by atoms with Crippen molar-refractivity contribution in [3.8, 4) is 0 Å². The predicted octanol–water partition coefficient (Wildman–Crippen LogP) is 1.19. The molecule has 3 aliphatic heterocycles. The van der Waals surface area contributed by atoms with Gasteiger partial charge in [0.15, 0.2) is 0 Å². The highest BCUT2D eigenvalue weighted by molar-refractivity contribution is 6.08. The molecule has 4 atom stereocenters. The standard InChI is InChI=1S/C29H39N7O5/c1-6-17(2)25(35(5)24(38)15-23(37)34(3)4)28(40)32-21-11-10-18-8-7-9-19-14-22(36(26(18)19)29(21)41)27(39)30-16-20-12-13-31-33-20/h7-9,12,17,21-22,25H,6,10-11,13-16H2,1-5H3,(H,30,39)(H,32,40)/t17-,21-,22-,25-/m0/s1. The largest absolute Gasteiger partial charge is 0.349 e. The summed E-state index contributed by atoms with van der Waals surface area (Å²) in [5, 5.41) is 13.7. The molecule has 0 unspecified atom stereocenters. The van der Waals surface area contributed by atoms with Crippen molar-refractivity contribution < 1.29 is 24.0 Å². The SMILES string of the molecule is CC[C@H](C)[C@@H](C(=O)N[C@H]1CCc2cccc3c2N(C1=O)[C@H](C(=O)NCC1=CCN=N1)C3)N(C)C(=O)CC(=O)N(C)C. The van der Waals surface area contributed by atoms with Gasteiger partial charge in [0.1, 0.15) is 24.5 Å². The second-order valence-electron chi connectivity index (χ2n) is 11.1. The predicted molar refractivity (Wildman–Crippen MR) is 152 cm³/mol. The van der Waals surface area contributed by atoms with E-state index in [9.17, 15) is 24.0 Å². The van der Waals surface area contributed by atoms with E-state index in [-0.39, 0.29) is 36.6 Å². The second kappa shape index (κ2) is 12.6. The van der Waals surface area contributed by atoms with Gasteiger partial charge in [0.25, 0.3) is 0 Å². The molecule has 0 aromatic heterocycles. The lowest BCUT2D eigenvalue weighted by Crippen LogP contribution is -2.58. The first-order chi connectivity index (χ1) is 19.5. The molecular formula is C29H39N7O5. The maximum Gasteiger partial charge on any atom is 0.250 e. The molecule has 1 aromatic carbocycles. The monoisotopic (exact) mass is 565 g/mol. The molecule has 5 amide bonds. The van der Waals surface area contributed by atoms with Gasteiger partial charge in [-0.25, -0.2) is 0 Å². The number of nitrogens with zero attached hydrogens (tertiary/aromatic N) is 5. The van der Waals surface area contributed by atoms with Crippen molar-refractivity contribution in [2.24, 2.45) is 16.1 Å². The number of carbonyl (C=O) groups excluding carboxylic acids is 5. The van der Waals surface area contributed by atoms with Gasteiger partial charge < -0.3 is 20.4 Å². The first-order valence-corrected chi connectivity index (χ1v) is 14.1. The molecule has 12 nitrogen and oxygen atoms in total. The van der Waals surface area contributed by atoms with E-state index in [1.165, 1.54) is 21.7 Å². The van der Waals surface area contributed by atoms with Gasteiger partial charge in [-0.05, 0) is 36.0 Å². The Hall–Kier alpha value is -4.09. The van der Waals surface area contributed by atoms with E-state index in [1.54, 1.807) is 14.1 Å². The van der Waals surface area contributed by atoms with E-state index < -0.39 is 29.9 Å².